The smallest absolute Gasteiger partial charge is 0.164 e. The molecule has 1 aromatic carbocycles. The van der Waals surface area contributed by atoms with Gasteiger partial charge >= 0.3 is 0 Å². The van der Waals surface area contributed by atoms with Gasteiger partial charge in [-0.05, 0) is 24.0 Å². The van der Waals surface area contributed by atoms with Crippen LogP contribution in [0.5, 0.6) is 11.5 Å². The first kappa shape index (κ1) is 10.3. The summed E-state index contributed by atoms with van der Waals surface area (Å²) in [4.78, 5) is 0. The minimum atomic E-state index is 0.588. The summed E-state index contributed by atoms with van der Waals surface area (Å²) < 4.78 is 10.9. The monoisotopic (exact) mass is 206 g/mol. The Morgan fingerprint density at radius 2 is 2.27 bits per heavy atom. The average Bonchev–Trinajstić information content (AvgIpc) is 2.74. The molecule has 2 rings (SSSR count). The van der Waals surface area contributed by atoms with Crippen LogP contribution in [0.3, 0.4) is 0 Å². The van der Waals surface area contributed by atoms with Crippen molar-refractivity contribution >= 4 is 0 Å². The first-order valence-electron chi connectivity index (χ1n) is 5.59. The number of methoxy groups -OCH3 is 1. The molecule has 15 heavy (non-hydrogen) atoms. The Hall–Kier alpha value is -1.18. The second-order valence-corrected chi connectivity index (χ2v) is 4.12. The SMILES string of the molecule is CCC(C)c1cc2c(c(OC)c1)OCC2. The minimum absolute atomic E-state index is 0.588. The van der Waals surface area contributed by atoms with Gasteiger partial charge in [-0.1, -0.05) is 19.9 Å². The van der Waals surface area contributed by atoms with Crippen molar-refractivity contribution in [1.82, 2.24) is 0 Å². The molecule has 0 radical (unpaired) electrons. The van der Waals surface area contributed by atoms with Gasteiger partial charge in [0.2, 0.25) is 0 Å². The maximum atomic E-state index is 5.56. The van der Waals surface area contributed by atoms with Crippen LogP contribution in [0.15, 0.2) is 12.1 Å². The lowest BCUT2D eigenvalue weighted by atomic mass is 9.95. The molecule has 0 fully saturated rings. The Morgan fingerprint density at radius 3 is 2.93 bits per heavy atom. The third-order valence-electron chi connectivity index (χ3n) is 3.17. The number of benzene rings is 1. The van der Waals surface area contributed by atoms with Gasteiger partial charge in [0.05, 0.1) is 13.7 Å². The summed E-state index contributed by atoms with van der Waals surface area (Å²) in [5.41, 5.74) is 2.66. The van der Waals surface area contributed by atoms with E-state index in [0.29, 0.717) is 5.92 Å². The summed E-state index contributed by atoms with van der Waals surface area (Å²) in [6, 6.07) is 4.37. The molecule has 0 N–H and O–H groups in total. The van der Waals surface area contributed by atoms with Gasteiger partial charge in [-0.25, -0.2) is 0 Å². The van der Waals surface area contributed by atoms with Crippen molar-refractivity contribution in [2.24, 2.45) is 0 Å². The number of rotatable bonds is 3. The molecule has 0 aliphatic carbocycles. The molecule has 1 heterocycles. The van der Waals surface area contributed by atoms with E-state index in [9.17, 15) is 0 Å². The Labute approximate surface area is 91.2 Å². The van der Waals surface area contributed by atoms with E-state index in [0.717, 1.165) is 30.9 Å². The van der Waals surface area contributed by atoms with E-state index in [-0.39, 0.29) is 0 Å². The molecule has 0 saturated heterocycles. The first-order valence-corrected chi connectivity index (χ1v) is 5.59. The number of hydrogen-bond donors (Lipinski definition) is 0. The summed E-state index contributed by atoms with van der Waals surface area (Å²) in [5.74, 6) is 2.43. The zero-order valence-electron chi connectivity index (χ0n) is 9.67. The molecule has 0 saturated carbocycles. The van der Waals surface area contributed by atoms with Gasteiger partial charge < -0.3 is 9.47 Å². The van der Waals surface area contributed by atoms with Crippen molar-refractivity contribution in [2.45, 2.75) is 32.6 Å². The van der Waals surface area contributed by atoms with Crippen molar-refractivity contribution in [1.29, 1.82) is 0 Å². The van der Waals surface area contributed by atoms with Crippen molar-refractivity contribution in [2.75, 3.05) is 13.7 Å². The van der Waals surface area contributed by atoms with Crippen molar-refractivity contribution in [3.63, 3.8) is 0 Å². The molecule has 2 nitrogen and oxygen atoms in total. The van der Waals surface area contributed by atoms with Gasteiger partial charge in [0.1, 0.15) is 0 Å². The lowest BCUT2D eigenvalue weighted by Crippen LogP contribution is -1.95. The van der Waals surface area contributed by atoms with Gasteiger partial charge in [0, 0.05) is 12.0 Å². The van der Waals surface area contributed by atoms with Crippen molar-refractivity contribution in [3.8, 4) is 11.5 Å². The van der Waals surface area contributed by atoms with Crippen LogP contribution in [-0.2, 0) is 6.42 Å². The van der Waals surface area contributed by atoms with Gasteiger partial charge in [0.15, 0.2) is 11.5 Å². The van der Waals surface area contributed by atoms with Crippen LogP contribution >= 0.6 is 0 Å². The molecule has 1 atom stereocenters. The molecule has 1 unspecified atom stereocenters. The van der Waals surface area contributed by atoms with Crippen LogP contribution < -0.4 is 9.47 Å². The molecule has 0 bridgehead atoms. The van der Waals surface area contributed by atoms with Gasteiger partial charge in [-0.2, -0.15) is 0 Å². The van der Waals surface area contributed by atoms with Crippen molar-refractivity contribution < 1.29 is 9.47 Å². The molecule has 0 spiro atoms. The highest BCUT2D eigenvalue weighted by Crippen LogP contribution is 2.38. The Kier molecular flexibility index (Phi) is 2.85. The summed E-state index contributed by atoms with van der Waals surface area (Å²) in [5, 5.41) is 0. The van der Waals surface area contributed by atoms with Crippen LogP contribution in [-0.4, -0.2) is 13.7 Å². The highest BCUT2D eigenvalue weighted by molar-refractivity contribution is 5.52. The highest BCUT2D eigenvalue weighted by atomic mass is 16.5. The predicted octanol–water partition coefficient (Wildman–Crippen LogP) is 3.14. The maximum Gasteiger partial charge on any atom is 0.164 e. The Morgan fingerprint density at radius 1 is 1.47 bits per heavy atom. The maximum absolute atomic E-state index is 5.56. The molecule has 2 heteroatoms. The third-order valence-corrected chi connectivity index (χ3v) is 3.17. The van der Waals surface area contributed by atoms with Crippen LogP contribution in [0.4, 0.5) is 0 Å². The fraction of sp³-hybridized carbons (Fsp3) is 0.538. The summed E-state index contributed by atoms with van der Waals surface area (Å²) in [6.45, 7) is 5.24. The van der Waals surface area contributed by atoms with Gasteiger partial charge in [-0.15, -0.1) is 0 Å². The van der Waals surface area contributed by atoms with Crippen LogP contribution in [0.25, 0.3) is 0 Å². The fourth-order valence-electron chi connectivity index (χ4n) is 1.97. The van der Waals surface area contributed by atoms with E-state index in [4.69, 9.17) is 9.47 Å². The minimum Gasteiger partial charge on any atom is -0.493 e. The fourth-order valence-corrected chi connectivity index (χ4v) is 1.97. The standard InChI is InChI=1S/C13H18O2/c1-4-9(2)11-7-10-5-6-15-13(10)12(8-11)14-3/h7-9H,4-6H2,1-3H3. The summed E-state index contributed by atoms with van der Waals surface area (Å²) in [6.07, 6.45) is 2.17. The Bertz CT molecular complexity index is 358. The summed E-state index contributed by atoms with van der Waals surface area (Å²) in [7, 11) is 1.71. The first-order chi connectivity index (χ1) is 7.26. The summed E-state index contributed by atoms with van der Waals surface area (Å²) >= 11 is 0. The molecule has 0 amide bonds. The van der Waals surface area contributed by atoms with Crippen LogP contribution in [0.1, 0.15) is 37.3 Å². The van der Waals surface area contributed by atoms with E-state index in [1.165, 1.54) is 11.1 Å². The van der Waals surface area contributed by atoms with Crippen LogP contribution in [0.2, 0.25) is 0 Å². The number of ether oxygens (including phenoxy) is 2. The zero-order valence-corrected chi connectivity index (χ0v) is 9.67. The van der Waals surface area contributed by atoms with E-state index in [1.807, 2.05) is 0 Å². The zero-order chi connectivity index (χ0) is 10.8. The lowest BCUT2D eigenvalue weighted by molar-refractivity contribution is 0.326. The van der Waals surface area contributed by atoms with E-state index >= 15 is 0 Å². The third kappa shape index (κ3) is 1.81. The van der Waals surface area contributed by atoms with Gasteiger partial charge in [-0.3, -0.25) is 0 Å². The molecular formula is C13H18O2. The normalized spacial score (nSPS) is 15.7. The highest BCUT2D eigenvalue weighted by Gasteiger charge is 2.19. The molecule has 0 aromatic heterocycles. The topological polar surface area (TPSA) is 18.5 Å². The molecule has 1 aromatic rings. The quantitative estimate of drug-likeness (QED) is 0.756. The lowest BCUT2D eigenvalue weighted by Gasteiger charge is -2.13. The largest absolute Gasteiger partial charge is 0.493 e. The van der Waals surface area contributed by atoms with Crippen molar-refractivity contribution in [3.05, 3.63) is 23.3 Å². The van der Waals surface area contributed by atoms with E-state index in [2.05, 4.69) is 26.0 Å². The Balaban J connectivity index is 2.43. The second kappa shape index (κ2) is 4.13. The number of fused-ring (bicyclic) bond motifs is 1. The van der Waals surface area contributed by atoms with E-state index in [1.54, 1.807) is 7.11 Å². The molecule has 1 aliphatic heterocycles. The van der Waals surface area contributed by atoms with E-state index < -0.39 is 0 Å². The second-order valence-electron chi connectivity index (χ2n) is 4.12. The average molecular weight is 206 g/mol. The predicted molar refractivity (Wildman–Crippen MR) is 60.9 cm³/mol. The van der Waals surface area contributed by atoms with Gasteiger partial charge in [0.25, 0.3) is 0 Å². The van der Waals surface area contributed by atoms with Crippen LogP contribution in [0, 0.1) is 0 Å². The molecule has 1 aliphatic rings. The number of hydrogen-bond acceptors (Lipinski definition) is 2. The molecule has 82 valence electrons. The molecular weight excluding hydrogens is 188 g/mol.